The van der Waals surface area contributed by atoms with Gasteiger partial charge in [-0.25, -0.2) is 4.39 Å². The van der Waals surface area contributed by atoms with E-state index in [2.05, 4.69) is 22.1 Å². The predicted molar refractivity (Wildman–Crippen MR) is 130 cm³/mol. The Morgan fingerprint density at radius 3 is 2.42 bits per heavy atom. The lowest BCUT2D eigenvalue weighted by Crippen LogP contribution is -2.08. The van der Waals surface area contributed by atoms with Gasteiger partial charge in [0.2, 0.25) is 0 Å². The maximum atomic E-state index is 13.3. The van der Waals surface area contributed by atoms with Gasteiger partial charge >= 0.3 is 0 Å². The van der Waals surface area contributed by atoms with Gasteiger partial charge in [0, 0.05) is 35.8 Å². The van der Waals surface area contributed by atoms with E-state index in [-0.39, 0.29) is 5.82 Å². The Balaban J connectivity index is 1.80. The molecule has 0 radical (unpaired) electrons. The molecule has 1 aromatic heterocycles. The fourth-order valence-electron chi connectivity index (χ4n) is 4.08. The molecule has 4 nitrogen and oxygen atoms in total. The Morgan fingerprint density at radius 1 is 1.06 bits per heavy atom. The van der Waals surface area contributed by atoms with Crippen molar-refractivity contribution in [3.05, 3.63) is 106 Å². The van der Waals surface area contributed by atoms with E-state index in [1.807, 2.05) is 43.5 Å². The molecule has 0 bridgehead atoms. The largest absolute Gasteiger partial charge is 0.496 e. The number of aryl methyl sites for hydroxylation is 3. The Hall–Kier alpha value is -4.04. The summed E-state index contributed by atoms with van der Waals surface area (Å²) in [6, 6.07) is 20.3. The molecule has 0 saturated heterocycles. The number of benzene rings is 3. The minimum Gasteiger partial charge on any atom is -0.496 e. The topological polar surface area (TPSA) is 58.3 Å². The number of hydrogen-bond donors (Lipinski definition) is 0. The lowest BCUT2D eigenvalue weighted by atomic mass is 9.92. The minimum atomic E-state index is -0.234. The second kappa shape index (κ2) is 9.62. The molecule has 4 aromatic rings. The van der Waals surface area contributed by atoms with Gasteiger partial charge in [0.1, 0.15) is 11.6 Å². The number of ether oxygens (including phenoxy) is 1. The van der Waals surface area contributed by atoms with Crippen LogP contribution in [0.1, 0.15) is 33.4 Å². The van der Waals surface area contributed by atoms with Crippen molar-refractivity contribution in [2.45, 2.75) is 19.8 Å². The molecule has 0 aliphatic carbocycles. The summed E-state index contributed by atoms with van der Waals surface area (Å²) in [4.78, 5) is 9.25. The lowest BCUT2D eigenvalue weighted by Gasteiger charge is -2.16. The molecule has 0 atom stereocenters. The van der Waals surface area contributed by atoms with Crippen LogP contribution in [0.2, 0.25) is 0 Å². The van der Waals surface area contributed by atoms with E-state index in [9.17, 15) is 4.39 Å². The van der Waals surface area contributed by atoms with E-state index in [0.29, 0.717) is 5.56 Å². The maximum Gasteiger partial charge on any atom is 0.124 e. The monoisotopic (exact) mass is 437 g/mol. The third kappa shape index (κ3) is 4.61. The van der Waals surface area contributed by atoms with Gasteiger partial charge in [-0.2, -0.15) is 5.26 Å². The quantitative estimate of drug-likeness (QED) is 0.357. The summed E-state index contributed by atoms with van der Waals surface area (Å²) in [7, 11) is 3.44. The second-order valence-electron chi connectivity index (χ2n) is 7.89. The SMILES string of the molecule is C/N=C(/c1ccc(C#N)cc1)c1c(C)cnc2cc(OC)c(CCc3ccc(F)cc3)cc12. The van der Waals surface area contributed by atoms with Crippen molar-refractivity contribution in [1.29, 1.82) is 5.26 Å². The normalized spacial score (nSPS) is 11.4. The molecule has 0 amide bonds. The van der Waals surface area contributed by atoms with Crippen molar-refractivity contribution < 1.29 is 9.13 Å². The van der Waals surface area contributed by atoms with Crippen molar-refractivity contribution in [3.8, 4) is 11.8 Å². The van der Waals surface area contributed by atoms with Gasteiger partial charge in [0.15, 0.2) is 0 Å². The average Bonchev–Trinajstić information content (AvgIpc) is 2.85. The number of hydrogen-bond acceptors (Lipinski definition) is 4. The molecule has 4 rings (SSSR count). The highest BCUT2D eigenvalue weighted by atomic mass is 19.1. The zero-order valence-electron chi connectivity index (χ0n) is 18.9. The first-order valence-electron chi connectivity index (χ1n) is 10.7. The first kappa shape index (κ1) is 22.2. The summed E-state index contributed by atoms with van der Waals surface area (Å²) in [5.74, 6) is 0.544. The van der Waals surface area contributed by atoms with Crippen LogP contribution in [0.3, 0.4) is 0 Å². The number of aliphatic imine (C=N–C) groups is 1. The molecule has 0 fully saturated rings. The van der Waals surface area contributed by atoms with Crippen LogP contribution in [-0.4, -0.2) is 24.9 Å². The van der Waals surface area contributed by atoms with Crippen LogP contribution in [0.15, 0.2) is 71.9 Å². The molecule has 0 aliphatic rings. The van der Waals surface area contributed by atoms with Crippen LogP contribution in [-0.2, 0) is 12.8 Å². The maximum absolute atomic E-state index is 13.3. The number of aromatic nitrogens is 1. The van der Waals surface area contributed by atoms with E-state index in [1.54, 1.807) is 26.3 Å². The zero-order valence-corrected chi connectivity index (χ0v) is 18.9. The number of halogens is 1. The number of nitriles is 1. The Bertz CT molecular complexity index is 1370. The summed E-state index contributed by atoms with van der Waals surface area (Å²) >= 11 is 0. The number of nitrogens with zero attached hydrogens (tertiary/aromatic N) is 3. The highest BCUT2D eigenvalue weighted by molar-refractivity contribution is 6.20. The van der Waals surface area contributed by atoms with Crippen LogP contribution in [0.4, 0.5) is 4.39 Å². The van der Waals surface area contributed by atoms with Crippen LogP contribution in [0.5, 0.6) is 5.75 Å². The second-order valence-corrected chi connectivity index (χ2v) is 7.89. The molecule has 0 unspecified atom stereocenters. The first-order chi connectivity index (χ1) is 16.0. The van der Waals surface area contributed by atoms with Gasteiger partial charge in [-0.05, 0) is 66.8 Å². The molecule has 1 heterocycles. The first-order valence-corrected chi connectivity index (χ1v) is 10.7. The van der Waals surface area contributed by atoms with E-state index < -0.39 is 0 Å². The van der Waals surface area contributed by atoms with E-state index in [0.717, 1.165) is 63.0 Å². The van der Waals surface area contributed by atoms with Gasteiger partial charge in [0.05, 0.1) is 30.0 Å². The average molecular weight is 438 g/mol. The van der Waals surface area contributed by atoms with E-state index in [4.69, 9.17) is 10.00 Å². The van der Waals surface area contributed by atoms with E-state index >= 15 is 0 Å². The molecule has 0 spiro atoms. The summed E-state index contributed by atoms with van der Waals surface area (Å²) in [5, 5.41) is 10.1. The Kier molecular flexibility index (Phi) is 6.46. The summed E-state index contributed by atoms with van der Waals surface area (Å²) in [6.45, 7) is 2.03. The third-order valence-electron chi connectivity index (χ3n) is 5.80. The van der Waals surface area contributed by atoms with Crippen molar-refractivity contribution in [1.82, 2.24) is 4.98 Å². The van der Waals surface area contributed by atoms with Crippen molar-refractivity contribution in [3.63, 3.8) is 0 Å². The van der Waals surface area contributed by atoms with E-state index in [1.165, 1.54) is 12.1 Å². The fourth-order valence-corrected chi connectivity index (χ4v) is 4.08. The molecule has 0 saturated carbocycles. The smallest absolute Gasteiger partial charge is 0.124 e. The molecule has 3 aromatic carbocycles. The molecule has 164 valence electrons. The molecule has 0 aliphatic heterocycles. The van der Waals surface area contributed by atoms with Gasteiger partial charge < -0.3 is 4.74 Å². The number of methoxy groups -OCH3 is 1. The minimum absolute atomic E-state index is 0.234. The highest BCUT2D eigenvalue weighted by Crippen LogP contribution is 2.31. The van der Waals surface area contributed by atoms with Crippen LogP contribution in [0, 0.1) is 24.1 Å². The van der Waals surface area contributed by atoms with Gasteiger partial charge in [-0.1, -0.05) is 24.3 Å². The molecule has 0 N–H and O–H groups in total. The molecular weight excluding hydrogens is 413 g/mol. The highest BCUT2D eigenvalue weighted by Gasteiger charge is 2.17. The standard InChI is InChI=1S/C28H24FN3O/c1-18-17-32-25-15-26(33-3)22(11-4-19-7-12-23(29)13-8-19)14-24(25)27(18)28(31-2)21-9-5-20(16-30)6-10-21/h5-10,12-15,17H,4,11H2,1-3H3/b31-28-. The van der Waals surface area contributed by atoms with Crippen molar-refractivity contribution >= 4 is 16.6 Å². The van der Waals surface area contributed by atoms with Crippen LogP contribution >= 0.6 is 0 Å². The molecular formula is C28H24FN3O. The van der Waals surface area contributed by atoms with Crippen molar-refractivity contribution in [2.24, 2.45) is 4.99 Å². The Morgan fingerprint density at radius 2 is 1.79 bits per heavy atom. The van der Waals surface area contributed by atoms with Crippen LogP contribution in [0.25, 0.3) is 10.9 Å². The van der Waals surface area contributed by atoms with Gasteiger partial charge in [0.25, 0.3) is 0 Å². The summed E-state index contributed by atoms with van der Waals surface area (Å²) in [6.07, 6.45) is 3.36. The zero-order chi connectivity index (χ0) is 23.4. The number of fused-ring (bicyclic) bond motifs is 1. The predicted octanol–water partition coefficient (Wildman–Crippen LogP) is 5.82. The van der Waals surface area contributed by atoms with Gasteiger partial charge in [-0.3, -0.25) is 9.98 Å². The summed E-state index contributed by atoms with van der Waals surface area (Å²) in [5.41, 5.74) is 7.37. The summed E-state index contributed by atoms with van der Waals surface area (Å²) < 4.78 is 18.9. The Labute approximate surface area is 193 Å². The van der Waals surface area contributed by atoms with Crippen LogP contribution < -0.4 is 4.74 Å². The molecule has 5 heteroatoms. The molecule has 33 heavy (non-hydrogen) atoms. The third-order valence-corrected chi connectivity index (χ3v) is 5.80. The fraction of sp³-hybridized carbons (Fsp3) is 0.179. The number of rotatable bonds is 6. The van der Waals surface area contributed by atoms with Crippen molar-refractivity contribution in [2.75, 3.05) is 14.2 Å². The lowest BCUT2D eigenvalue weighted by molar-refractivity contribution is 0.410. The van der Waals surface area contributed by atoms with Gasteiger partial charge in [-0.15, -0.1) is 0 Å². The number of pyridine rings is 1.